The second-order valence-electron chi connectivity index (χ2n) is 4.77. The fourth-order valence-electron chi connectivity index (χ4n) is 2.03. The molecule has 0 amide bonds. The van der Waals surface area contributed by atoms with Crippen molar-refractivity contribution in [3.05, 3.63) is 18.0 Å². The first-order valence-corrected chi connectivity index (χ1v) is 6.64. The van der Waals surface area contributed by atoms with E-state index in [2.05, 4.69) is 18.9 Å². The van der Waals surface area contributed by atoms with Gasteiger partial charge in [0.15, 0.2) is 0 Å². The Morgan fingerprint density at radius 1 is 1.32 bits per heavy atom. The van der Waals surface area contributed by atoms with E-state index < -0.39 is 18.7 Å². The van der Waals surface area contributed by atoms with Gasteiger partial charge in [0.05, 0.1) is 17.8 Å². The molecule has 3 nitrogen and oxygen atoms in total. The van der Waals surface area contributed by atoms with Crippen LogP contribution in [0.25, 0.3) is 0 Å². The molecule has 0 fully saturated rings. The third-order valence-corrected chi connectivity index (χ3v) is 3.19. The van der Waals surface area contributed by atoms with Crippen LogP contribution in [0.2, 0.25) is 0 Å². The maximum atomic E-state index is 12.0. The fourth-order valence-corrected chi connectivity index (χ4v) is 2.03. The molecule has 19 heavy (non-hydrogen) atoms. The third-order valence-electron chi connectivity index (χ3n) is 3.19. The summed E-state index contributed by atoms with van der Waals surface area (Å²) in [6.45, 7) is 4.13. The quantitative estimate of drug-likeness (QED) is 0.829. The molecule has 1 heterocycles. The Balaban J connectivity index is 2.49. The van der Waals surface area contributed by atoms with Crippen LogP contribution in [0, 0.1) is 0 Å². The summed E-state index contributed by atoms with van der Waals surface area (Å²) in [5.41, 5.74) is 0.640. The van der Waals surface area contributed by atoms with Gasteiger partial charge in [0.2, 0.25) is 0 Å². The van der Waals surface area contributed by atoms with Gasteiger partial charge in [-0.25, -0.2) is 0 Å². The van der Waals surface area contributed by atoms with Crippen molar-refractivity contribution in [3.8, 4) is 0 Å². The van der Waals surface area contributed by atoms with E-state index in [0.717, 1.165) is 12.8 Å². The standard InChI is InChI=1S/C13H21F3N2O/c1-3-11(4-2)18-8-6-10(17-18)9-12(19)5-7-13(14,15)16/h6,8,11-12,19H,3-5,7,9H2,1-2H3. The molecule has 0 spiro atoms. The number of halogens is 3. The molecule has 0 saturated heterocycles. The molecule has 1 N–H and O–H groups in total. The molecule has 1 aromatic heterocycles. The average Bonchev–Trinajstić information content (AvgIpc) is 2.76. The Bertz CT molecular complexity index is 372. The number of hydrogen-bond donors (Lipinski definition) is 1. The number of aliphatic hydroxyl groups excluding tert-OH is 1. The van der Waals surface area contributed by atoms with Crippen molar-refractivity contribution in [1.82, 2.24) is 9.78 Å². The summed E-state index contributed by atoms with van der Waals surface area (Å²) in [5.74, 6) is 0. The molecule has 0 aliphatic carbocycles. The van der Waals surface area contributed by atoms with Gasteiger partial charge in [-0.15, -0.1) is 0 Å². The van der Waals surface area contributed by atoms with Crippen molar-refractivity contribution in [2.24, 2.45) is 0 Å². The molecule has 6 heteroatoms. The zero-order valence-corrected chi connectivity index (χ0v) is 11.3. The summed E-state index contributed by atoms with van der Waals surface area (Å²) in [6, 6.07) is 2.07. The van der Waals surface area contributed by atoms with Crippen molar-refractivity contribution >= 4 is 0 Å². The molecule has 0 saturated carbocycles. The minimum atomic E-state index is -4.21. The molecule has 1 unspecified atom stereocenters. The maximum Gasteiger partial charge on any atom is 0.389 e. The first-order valence-electron chi connectivity index (χ1n) is 6.64. The van der Waals surface area contributed by atoms with Gasteiger partial charge in [-0.05, 0) is 25.3 Å². The van der Waals surface area contributed by atoms with Gasteiger partial charge in [0, 0.05) is 19.0 Å². The van der Waals surface area contributed by atoms with Crippen LogP contribution in [0.5, 0.6) is 0 Å². The van der Waals surface area contributed by atoms with Gasteiger partial charge in [-0.2, -0.15) is 18.3 Å². The third kappa shape index (κ3) is 5.63. The zero-order chi connectivity index (χ0) is 14.5. The van der Waals surface area contributed by atoms with Crippen molar-refractivity contribution in [2.75, 3.05) is 0 Å². The average molecular weight is 278 g/mol. The van der Waals surface area contributed by atoms with Crippen molar-refractivity contribution in [1.29, 1.82) is 0 Å². The van der Waals surface area contributed by atoms with E-state index >= 15 is 0 Å². The predicted octanol–water partition coefficient (Wildman–Crippen LogP) is 3.49. The Kier molecular flexibility index (Phi) is 5.85. The van der Waals surface area contributed by atoms with E-state index in [1.54, 1.807) is 6.07 Å². The van der Waals surface area contributed by atoms with Gasteiger partial charge in [0.25, 0.3) is 0 Å². The van der Waals surface area contributed by atoms with Gasteiger partial charge in [-0.1, -0.05) is 13.8 Å². The highest BCUT2D eigenvalue weighted by Gasteiger charge is 2.28. The first kappa shape index (κ1) is 16.0. The number of alkyl halides is 3. The summed E-state index contributed by atoms with van der Waals surface area (Å²) in [4.78, 5) is 0. The molecule has 110 valence electrons. The van der Waals surface area contributed by atoms with Crippen LogP contribution in [-0.4, -0.2) is 27.2 Å². The molecular formula is C13H21F3N2O. The van der Waals surface area contributed by atoms with E-state index in [-0.39, 0.29) is 12.8 Å². The van der Waals surface area contributed by atoms with Crippen molar-refractivity contribution < 1.29 is 18.3 Å². The van der Waals surface area contributed by atoms with Gasteiger partial charge < -0.3 is 5.11 Å². The zero-order valence-electron chi connectivity index (χ0n) is 11.3. The molecule has 0 aromatic carbocycles. The molecular weight excluding hydrogens is 257 g/mol. The largest absolute Gasteiger partial charge is 0.393 e. The smallest absolute Gasteiger partial charge is 0.389 e. The normalized spacial score (nSPS) is 14.1. The summed E-state index contributed by atoms with van der Waals surface area (Å²) < 4.78 is 37.9. The lowest BCUT2D eigenvalue weighted by Gasteiger charge is -2.13. The van der Waals surface area contributed by atoms with Crippen molar-refractivity contribution in [2.45, 2.75) is 64.3 Å². The van der Waals surface area contributed by atoms with E-state index in [9.17, 15) is 18.3 Å². The second-order valence-corrected chi connectivity index (χ2v) is 4.77. The van der Waals surface area contributed by atoms with E-state index in [1.807, 2.05) is 10.9 Å². The molecule has 0 aliphatic heterocycles. The summed E-state index contributed by atoms with van der Waals surface area (Å²) in [5, 5.41) is 13.9. The minimum absolute atomic E-state index is 0.170. The second kappa shape index (κ2) is 6.93. The summed E-state index contributed by atoms with van der Waals surface area (Å²) >= 11 is 0. The monoisotopic (exact) mass is 278 g/mol. The number of nitrogens with zero attached hydrogens (tertiary/aromatic N) is 2. The topological polar surface area (TPSA) is 38.0 Å². The Morgan fingerprint density at radius 3 is 2.47 bits per heavy atom. The van der Waals surface area contributed by atoms with E-state index in [1.165, 1.54) is 0 Å². The molecule has 1 rings (SSSR count). The molecule has 0 aliphatic rings. The van der Waals surface area contributed by atoms with Crippen LogP contribution >= 0.6 is 0 Å². The van der Waals surface area contributed by atoms with Gasteiger partial charge in [-0.3, -0.25) is 4.68 Å². The lowest BCUT2D eigenvalue weighted by Crippen LogP contribution is -2.17. The minimum Gasteiger partial charge on any atom is -0.393 e. The van der Waals surface area contributed by atoms with E-state index in [0.29, 0.717) is 11.7 Å². The van der Waals surface area contributed by atoms with Crippen LogP contribution in [-0.2, 0) is 6.42 Å². The Morgan fingerprint density at radius 2 is 1.95 bits per heavy atom. The SMILES string of the molecule is CCC(CC)n1ccc(CC(O)CCC(F)(F)F)n1. The van der Waals surface area contributed by atoms with Crippen molar-refractivity contribution in [3.63, 3.8) is 0 Å². The Hall–Kier alpha value is -1.04. The highest BCUT2D eigenvalue weighted by atomic mass is 19.4. The first-order chi connectivity index (χ1) is 8.85. The fraction of sp³-hybridized carbons (Fsp3) is 0.769. The molecule has 0 bridgehead atoms. The highest BCUT2D eigenvalue weighted by molar-refractivity contribution is 5.01. The van der Waals surface area contributed by atoms with Gasteiger partial charge in [0.1, 0.15) is 0 Å². The number of aliphatic hydroxyl groups is 1. The number of rotatable bonds is 7. The lowest BCUT2D eigenvalue weighted by molar-refractivity contribution is -0.139. The number of aromatic nitrogens is 2. The van der Waals surface area contributed by atoms with E-state index in [4.69, 9.17) is 0 Å². The van der Waals surface area contributed by atoms with Crippen LogP contribution in [0.1, 0.15) is 51.3 Å². The number of hydrogen-bond acceptors (Lipinski definition) is 2. The summed E-state index contributed by atoms with van der Waals surface area (Å²) in [7, 11) is 0. The molecule has 1 aromatic rings. The van der Waals surface area contributed by atoms with Crippen LogP contribution in [0.3, 0.4) is 0 Å². The van der Waals surface area contributed by atoms with Gasteiger partial charge >= 0.3 is 6.18 Å². The van der Waals surface area contributed by atoms with Crippen LogP contribution in [0.15, 0.2) is 12.3 Å². The van der Waals surface area contributed by atoms with Crippen LogP contribution < -0.4 is 0 Å². The predicted molar refractivity (Wildman–Crippen MR) is 66.8 cm³/mol. The molecule has 0 radical (unpaired) electrons. The Labute approximate surface area is 111 Å². The lowest BCUT2D eigenvalue weighted by atomic mass is 10.1. The van der Waals surface area contributed by atoms with Crippen LogP contribution in [0.4, 0.5) is 13.2 Å². The molecule has 1 atom stereocenters. The maximum absolute atomic E-state index is 12.0. The highest BCUT2D eigenvalue weighted by Crippen LogP contribution is 2.23. The summed E-state index contributed by atoms with van der Waals surface area (Å²) in [6.07, 6.45) is -2.54.